The number of carbonyl (C=O) groups is 1. The van der Waals surface area contributed by atoms with Crippen LogP contribution in [0.3, 0.4) is 0 Å². The van der Waals surface area contributed by atoms with Crippen LogP contribution in [0.1, 0.15) is 24.2 Å². The molecule has 6 heteroatoms. The van der Waals surface area contributed by atoms with E-state index in [1.165, 1.54) is 6.20 Å². The summed E-state index contributed by atoms with van der Waals surface area (Å²) in [4.78, 5) is 11.8. The van der Waals surface area contributed by atoms with E-state index in [2.05, 4.69) is 10.2 Å². The van der Waals surface area contributed by atoms with Crippen LogP contribution in [0.5, 0.6) is 0 Å². The summed E-state index contributed by atoms with van der Waals surface area (Å²) in [5.41, 5.74) is 0.476. The van der Waals surface area contributed by atoms with Crippen LogP contribution in [0.15, 0.2) is 30.9 Å². The van der Waals surface area contributed by atoms with Crippen molar-refractivity contribution in [2.45, 2.75) is 33.0 Å². The van der Waals surface area contributed by atoms with E-state index in [9.17, 15) is 4.79 Å². The summed E-state index contributed by atoms with van der Waals surface area (Å²) < 4.78 is 8.73. The molecule has 0 radical (unpaired) electrons. The summed E-state index contributed by atoms with van der Waals surface area (Å²) in [6, 6.07) is 1.83. The molecule has 2 heterocycles. The van der Waals surface area contributed by atoms with Gasteiger partial charge in [-0.25, -0.2) is 4.79 Å². The van der Waals surface area contributed by atoms with E-state index in [1.54, 1.807) is 21.8 Å². The summed E-state index contributed by atoms with van der Waals surface area (Å²) in [7, 11) is 0. The molecule has 1 unspecified atom stereocenters. The summed E-state index contributed by atoms with van der Waals surface area (Å²) in [6.45, 7) is 5.07. The molecule has 0 spiro atoms. The highest BCUT2D eigenvalue weighted by Crippen LogP contribution is 2.04. The van der Waals surface area contributed by atoms with Gasteiger partial charge >= 0.3 is 5.97 Å². The predicted molar refractivity (Wildman–Crippen MR) is 65.0 cm³/mol. The molecule has 0 aromatic carbocycles. The van der Waals surface area contributed by atoms with Crippen LogP contribution in [0.2, 0.25) is 0 Å². The molecule has 2 aromatic rings. The molecule has 0 N–H and O–H groups in total. The molecule has 0 aliphatic heterocycles. The number of hydrogen-bond donors (Lipinski definition) is 0. The monoisotopic (exact) mass is 248 g/mol. The van der Waals surface area contributed by atoms with Crippen molar-refractivity contribution in [1.29, 1.82) is 0 Å². The first-order valence-corrected chi connectivity index (χ1v) is 5.90. The zero-order valence-corrected chi connectivity index (χ0v) is 10.5. The third-order valence-corrected chi connectivity index (χ3v) is 2.50. The second-order valence-corrected chi connectivity index (χ2v) is 4.03. The summed E-state index contributed by atoms with van der Waals surface area (Å²) in [5.74, 6) is -0.352. The Kier molecular flexibility index (Phi) is 3.76. The molecular formula is C12H16N4O2. The van der Waals surface area contributed by atoms with Gasteiger partial charge in [-0.2, -0.15) is 10.2 Å². The molecule has 18 heavy (non-hydrogen) atoms. The lowest BCUT2D eigenvalue weighted by molar-refractivity contribution is 0.0298. The molecule has 1 atom stereocenters. The van der Waals surface area contributed by atoms with Gasteiger partial charge < -0.3 is 4.74 Å². The number of ether oxygens (including phenoxy) is 1. The summed E-state index contributed by atoms with van der Waals surface area (Å²) in [6.07, 6.45) is 6.50. The molecule has 0 aliphatic rings. The maximum absolute atomic E-state index is 11.8. The lowest BCUT2D eigenvalue weighted by Crippen LogP contribution is -2.20. The predicted octanol–water partition coefficient (Wildman–Crippen LogP) is 1.34. The van der Waals surface area contributed by atoms with Crippen molar-refractivity contribution in [2.24, 2.45) is 0 Å². The van der Waals surface area contributed by atoms with Crippen molar-refractivity contribution in [1.82, 2.24) is 19.6 Å². The largest absolute Gasteiger partial charge is 0.457 e. The van der Waals surface area contributed by atoms with Gasteiger partial charge in [0.25, 0.3) is 0 Å². The van der Waals surface area contributed by atoms with Crippen LogP contribution >= 0.6 is 0 Å². The van der Waals surface area contributed by atoms with E-state index in [4.69, 9.17) is 4.74 Å². The van der Waals surface area contributed by atoms with Crippen LogP contribution in [0.4, 0.5) is 0 Å². The lowest BCUT2D eigenvalue weighted by atomic mass is 10.3. The molecular weight excluding hydrogens is 232 g/mol. The molecule has 0 aliphatic carbocycles. The number of nitrogens with zero attached hydrogens (tertiary/aromatic N) is 4. The highest BCUT2D eigenvalue weighted by atomic mass is 16.5. The Morgan fingerprint density at radius 1 is 1.44 bits per heavy atom. The van der Waals surface area contributed by atoms with E-state index < -0.39 is 0 Å². The Morgan fingerprint density at radius 3 is 2.89 bits per heavy atom. The van der Waals surface area contributed by atoms with Crippen molar-refractivity contribution in [2.75, 3.05) is 0 Å². The van der Waals surface area contributed by atoms with Gasteiger partial charge in [-0.1, -0.05) is 0 Å². The van der Waals surface area contributed by atoms with Crippen molar-refractivity contribution in [3.05, 3.63) is 36.4 Å². The molecule has 2 rings (SSSR count). The summed E-state index contributed by atoms with van der Waals surface area (Å²) in [5, 5.41) is 8.10. The van der Waals surface area contributed by atoms with Crippen molar-refractivity contribution in [3.63, 3.8) is 0 Å². The molecule has 6 nitrogen and oxygen atoms in total. The normalized spacial score (nSPS) is 12.3. The fourth-order valence-electron chi connectivity index (χ4n) is 1.60. The van der Waals surface area contributed by atoms with Gasteiger partial charge in [-0.3, -0.25) is 9.36 Å². The molecule has 0 amide bonds. The fraction of sp³-hybridized carbons (Fsp3) is 0.417. The minimum absolute atomic E-state index is 0.234. The van der Waals surface area contributed by atoms with Gasteiger partial charge in [-0.15, -0.1) is 0 Å². The second kappa shape index (κ2) is 5.48. The molecule has 0 fully saturated rings. The van der Waals surface area contributed by atoms with Crippen LogP contribution in [0.25, 0.3) is 0 Å². The Bertz CT molecular complexity index is 504. The zero-order chi connectivity index (χ0) is 13.0. The summed E-state index contributed by atoms with van der Waals surface area (Å²) >= 11 is 0. The van der Waals surface area contributed by atoms with E-state index in [0.717, 1.165) is 6.54 Å². The number of aryl methyl sites for hydroxylation is 1. The standard InChI is InChI=1S/C12H16N4O2/c1-3-15-9-11(7-14-15)12(17)18-10(2)8-16-6-4-5-13-16/h4-7,9-10H,3,8H2,1-2H3. The van der Waals surface area contributed by atoms with Crippen LogP contribution < -0.4 is 0 Å². The van der Waals surface area contributed by atoms with Crippen molar-refractivity contribution < 1.29 is 9.53 Å². The number of hydrogen-bond acceptors (Lipinski definition) is 4. The number of esters is 1. The van der Waals surface area contributed by atoms with Crippen molar-refractivity contribution >= 4 is 5.97 Å². The Balaban J connectivity index is 1.90. The fourth-order valence-corrected chi connectivity index (χ4v) is 1.60. The van der Waals surface area contributed by atoms with Crippen LogP contribution in [0, 0.1) is 0 Å². The minimum Gasteiger partial charge on any atom is -0.457 e. The second-order valence-electron chi connectivity index (χ2n) is 4.03. The minimum atomic E-state index is -0.352. The molecule has 0 saturated heterocycles. The molecule has 2 aromatic heterocycles. The third-order valence-electron chi connectivity index (χ3n) is 2.50. The quantitative estimate of drug-likeness (QED) is 0.749. The van der Waals surface area contributed by atoms with Crippen LogP contribution in [-0.4, -0.2) is 31.6 Å². The topological polar surface area (TPSA) is 61.9 Å². The van der Waals surface area contributed by atoms with E-state index in [0.29, 0.717) is 12.1 Å². The van der Waals surface area contributed by atoms with Gasteiger partial charge in [0.15, 0.2) is 0 Å². The first kappa shape index (κ1) is 12.3. The highest BCUT2D eigenvalue weighted by molar-refractivity contribution is 5.88. The smallest absolute Gasteiger partial charge is 0.341 e. The average Bonchev–Trinajstić information content (AvgIpc) is 2.98. The van der Waals surface area contributed by atoms with Crippen molar-refractivity contribution in [3.8, 4) is 0 Å². The van der Waals surface area contributed by atoms with E-state index in [-0.39, 0.29) is 12.1 Å². The zero-order valence-electron chi connectivity index (χ0n) is 10.5. The number of aromatic nitrogens is 4. The first-order valence-electron chi connectivity index (χ1n) is 5.90. The number of rotatable bonds is 5. The first-order chi connectivity index (χ1) is 8.69. The van der Waals surface area contributed by atoms with E-state index in [1.807, 2.05) is 26.1 Å². The molecule has 96 valence electrons. The van der Waals surface area contributed by atoms with Gasteiger partial charge in [0.2, 0.25) is 0 Å². The number of carbonyl (C=O) groups excluding carboxylic acids is 1. The van der Waals surface area contributed by atoms with Gasteiger partial charge in [0.1, 0.15) is 6.10 Å². The SMILES string of the molecule is CCn1cc(C(=O)OC(C)Cn2cccn2)cn1. The molecule has 0 bridgehead atoms. The van der Waals surface area contributed by atoms with E-state index >= 15 is 0 Å². The van der Waals surface area contributed by atoms with Crippen LogP contribution in [-0.2, 0) is 17.8 Å². The van der Waals surface area contributed by atoms with Gasteiger partial charge in [0.05, 0.1) is 18.3 Å². The highest BCUT2D eigenvalue weighted by Gasteiger charge is 2.14. The lowest BCUT2D eigenvalue weighted by Gasteiger charge is -2.12. The van der Waals surface area contributed by atoms with Gasteiger partial charge in [-0.05, 0) is 19.9 Å². The third kappa shape index (κ3) is 2.97. The average molecular weight is 248 g/mol. The maximum Gasteiger partial charge on any atom is 0.341 e. The molecule has 0 saturated carbocycles. The Labute approximate surface area is 105 Å². The Hall–Kier alpha value is -2.11. The Morgan fingerprint density at radius 2 is 2.28 bits per heavy atom. The maximum atomic E-state index is 11.8. The van der Waals surface area contributed by atoms with Gasteiger partial charge in [0, 0.05) is 25.1 Å².